The number of para-hydroxylation sites is 1. The number of aromatic nitrogens is 1. The molecule has 0 atom stereocenters. The number of benzene rings is 2. The van der Waals surface area contributed by atoms with Gasteiger partial charge in [-0.2, -0.15) is 0 Å². The molecule has 1 aromatic heterocycles. The molecule has 3 aromatic rings. The number of rotatable bonds is 5. The van der Waals surface area contributed by atoms with E-state index >= 15 is 0 Å². The van der Waals surface area contributed by atoms with Crippen LogP contribution in [0.25, 0.3) is 10.2 Å². The number of hydrogen-bond acceptors (Lipinski definition) is 4. The van der Waals surface area contributed by atoms with Crippen molar-refractivity contribution >= 4 is 39.1 Å². The highest BCUT2D eigenvalue weighted by atomic mass is 35.5. The smallest absolute Gasteiger partial charge is 0.223 e. The molecule has 1 aliphatic heterocycles. The quantitative estimate of drug-likeness (QED) is 0.618. The van der Waals surface area contributed by atoms with Gasteiger partial charge in [0, 0.05) is 56.2 Å². The molecule has 1 saturated heterocycles. The van der Waals surface area contributed by atoms with Gasteiger partial charge in [0.2, 0.25) is 5.91 Å². The molecule has 146 valence electrons. The molecule has 1 aliphatic rings. The highest BCUT2D eigenvalue weighted by Gasteiger charge is 2.22. The SMILES string of the molecule is O=C(CCc1nc2ccccc2s1)N1CCN(Cc2c(F)cccc2Cl)CC1. The van der Waals surface area contributed by atoms with Crippen molar-refractivity contribution in [3.8, 4) is 0 Å². The first-order chi connectivity index (χ1) is 13.6. The van der Waals surface area contributed by atoms with Crippen LogP contribution in [0.2, 0.25) is 5.02 Å². The molecule has 0 N–H and O–H groups in total. The number of thiazole rings is 1. The maximum atomic E-state index is 14.0. The van der Waals surface area contributed by atoms with Gasteiger partial charge in [0.1, 0.15) is 5.82 Å². The summed E-state index contributed by atoms with van der Waals surface area (Å²) in [5.41, 5.74) is 1.52. The number of amides is 1. The molecule has 0 bridgehead atoms. The fourth-order valence-corrected chi connectivity index (χ4v) is 4.65. The lowest BCUT2D eigenvalue weighted by atomic mass is 10.1. The van der Waals surface area contributed by atoms with Gasteiger partial charge in [-0.15, -0.1) is 11.3 Å². The van der Waals surface area contributed by atoms with Crippen molar-refractivity contribution in [3.63, 3.8) is 0 Å². The van der Waals surface area contributed by atoms with E-state index in [1.165, 1.54) is 6.07 Å². The molecule has 4 rings (SSSR count). The number of carbonyl (C=O) groups excluding carboxylic acids is 1. The van der Waals surface area contributed by atoms with Crippen LogP contribution in [0.15, 0.2) is 42.5 Å². The first kappa shape index (κ1) is 19.3. The average Bonchev–Trinajstić information content (AvgIpc) is 3.12. The third-order valence-corrected chi connectivity index (χ3v) is 6.51. The Balaban J connectivity index is 1.28. The lowest BCUT2D eigenvalue weighted by Crippen LogP contribution is -2.48. The topological polar surface area (TPSA) is 36.4 Å². The van der Waals surface area contributed by atoms with Gasteiger partial charge in [-0.25, -0.2) is 9.37 Å². The van der Waals surface area contributed by atoms with Crippen LogP contribution in [0, 0.1) is 5.82 Å². The zero-order valence-electron chi connectivity index (χ0n) is 15.4. The van der Waals surface area contributed by atoms with Crippen LogP contribution in [-0.2, 0) is 17.8 Å². The summed E-state index contributed by atoms with van der Waals surface area (Å²) in [5.74, 6) is -0.121. The number of fused-ring (bicyclic) bond motifs is 1. The summed E-state index contributed by atoms with van der Waals surface area (Å²) < 4.78 is 15.1. The molecule has 4 nitrogen and oxygen atoms in total. The molecule has 0 saturated carbocycles. The Bertz CT molecular complexity index is 931. The van der Waals surface area contributed by atoms with Gasteiger partial charge < -0.3 is 4.90 Å². The van der Waals surface area contributed by atoms with E-state index in [1.807, 2.05) is 23.1 Å². The van der Waals surface area contributed by atoms with Crippen molar-refractivity contribution < 1.29 is 9.18 Å². The first-order valence-electron chi connectivity index (χ1n) is 9.37. The summed E-state index contributed by atoms with van der Waals surface area (Å²) >= 11 is 7.77. The van der Waals surface area contributed by atoms with E-state index in [9.17, 15) is 9.18 Å². The van der Waals surface area contributed by atoms with Crippen molar-refractivity contribution in [2.45, 2.75) is 19.4 Å². The minimum Gasteiger partial charge on any atom is -0.340 e. The van der Waals surface area contributed by atoms with Gasteiger partial charge in [-0.3, -0.25) is 9.69 Å². The van der Waals surface area contributed by atoms with Crippen molar-refractivity contribution in [2.75, 3.05) is 26.2 Å². The van der Waals surface area contributed by atoms with Gasteiger partial charge in [0.25, 0.3) is 0 Å². The molecular formula is C21H21ClFN3OS. The predicted octanol–water partition coefficient (Wildman–Crippen LogP) is 4.37. The lowest BCUT2D eigenvalue weighted by Gasteiger charge is -2.35. The maximum absolute atomic E-state index is 14.0. The number of nitrogens with zero attached hydrogens (tertiary/aromatic N) is 3. The normalized spacial score (nSPS) is 15.3. The number of halogens is 2. The van der Waals surface area contributed by atoms with E-state index in [1.54, 1.807) is 23.5 Å². The average molecular weight is 418 g/mol. The first-order valence-corrected chi connectivity index (χ1v) is 10.6. The van der Waals surface area contributed by atoms with Crippen LogP contribution in [0.1, 0.15) is 17.0 Å². The minimum atomic E-state index is -0.276. The molecule has 1 amide bonds. The Morgan fingerprint density at radius 3 is 2.64 bits per heavy atom. The van der Waals surface area contributed by atoms with E-state index in [2.05, 4.69) is 16.0 Å². The number of carbonyl (C=O) groups is 1. The summed E-state index contributed by atoms with van der Waals surface area (Å²) in [4.78, 5) is 21.2. The summed E-state index contributed by atoms with van der Waals surface area (Å²) in [6.07, 6.45) is 1.14. The van der Waals surface area contributed by atoms with Gasteiger partial charge in [0.15, 0.2) is 0 Å². The predicted molar refractivity (Wildman–Crippen MR) is 111 cm³/mol. The highest BCUT2D eigenvalue weighted by molar-refractivity contribution is 7.18. The second kappa shape index (κ2) is 8.55. The Hall–Kier alpha value is -2.02. The summed E-state index contributed by atoms with van der Waals surface area (Å²) in [6, 6.07) is 12.8. The van der Waals surface area contributed by atoms with Crippen molar-refractivity contribution in [1.29, 1.82) is 0 Å². The molecular weight excluding hydrogens is 397 g/mol. The standard InChI is InChI=1S/C21H21ClFN3OS/c22-16-4-3-5-17(23)15(16)14-25-10-12-26(13-11-25)21(27)9-8-20-24-18-6-1-2-7-19(18)28-20/h1-7H,8-14H2. The molecule has 7 heteroatoms. The van der Waals surface area contributed by atoms with Crippen LogP contribution in [-0.4, -0.2) is 46.9 Å². The maximum Gasteiger partial charge on any atom is 0.223 e. The summed E-state index contributed by atoms with van der Waals surface area (Å²) in [5, 5.41) is 1.46. The summed E-state index contributed by atoms with van der Waals surface area (Å²) in [6.45, 7) is 3.23. The number of hydrogen-bond donors (Lipinski definition) is 0. The largest absolute Gasteiger partial charge is 0.340 e. The molecule has 0 radical (unpaired) electrons. The van der Waals surface area contributed by atoms with Crippen molar-refractivity contribution in [1.82, 2.24) is 14.8 Å². The molecule has 1 fully saturated rings. The lowest BCUT2D eigenvalue weighted by molar-refractivity contribution is -0.133. The minimum absolute atomic E-state index is 0.155. The zero-order valence-corrected chi connectivity index (χ0v) is 17.0. The van der Waals surface area contributed by atoms with Gasteiger partial charge in [-0.05, 0) is 24.3 Å². The monoisotopic (exact) mass is 417 g/mol. The van der Waals surface area contributed by atoms with E-state index in [4.69, 9.17) is 11.6 Å². The highest BCUT2D eigenvalue weighted by Crippen LogP contribution is 2.23. The Kier molecular flexibility index (Phi) is 5.90. The molecule has 0 unspecified atom stereocenters. The molecule has 28 heavy (non-hydrogen) atoms. The Labute approximate surface area is 172 Å². The molecule has 2 aromatic carbocycles. The van der Waals surface area contributed by atoms with Gasteiger partial charge in [0.05, 0.1) is 15.2 Å². The van der Waals surface area contributed by atoms with Gasteiger partial charge >= 0.3 is 0 Å². The second-order valence-electron chi connectivity index (χ2n) is 6.93. The van der Waals surface area contributed by atoms with Crippen LogP contribution in [0.3, 0.4) is 0 Å². The van der Waals surface area contributed by atoms with Crippen LogP contribution < -0.4 is 0 Å². The fourth-order valence-electron chi connectivity index (χ4n) is 3.46. The third kappa shape index (κ3) is 4.35. The fraction of sp³-hybridized carbons (Fsp3) is 0.333. The van der Waals surface area contributed by atoms with E-state index in [0.717, 1.165) is 28.3 Å². The Morgan fingerprint density at radius 2 is 1.89 bits per heavy atom. The molecule has 0 spiro atoms. The van der Waals surface area contributed by atoms with Crippen molar-refractivity contribution in [2.24, 2.45) is 0 Å². The molecule has 2 heterocycles. The third-order valence-electron chi connectivity index (χ3n) is 5.06. The van der Waals surface area contributed by atoms with E-state index in [0.29, 0.717) is 43.1 Å². The number of aryl methyl sites for hydroxylation is 1. The zero-order chi connectivity index (χ0) is 19.5. The van der Waals surface area contributed by atoms with Gasteiger partial charge in [-0.1, -0.05) is 29.8 Å². The van der Waals surface area contributed by atoms with E-state index in [-0.39, 0.29) is 11.7 Å². The van der Waals surface area contributed by atoms with Crippen LogP contribution in [0.4, 0.5) is 4.39 Å². The van der Waals surface area contributed by atoms with E-state index < -0.39 is 0 Å². The summed E-state index contributed by atoms with van der Waals surface area (Å²) in [7, 11) is 0. The van der Waals surface area contributed by atoms with Crippen molar-refractivity contribution in [3.05, 3.63) is 63.9 Å². The van der Waals surface area contributed by atoms with Crippen LogP contribution in [0.5, 0.6) is 0 Å². The van der Waals surface area contributed by atoms with Crippen LogP contribution >= 0.6 is 22.9 Å². The second-order valence-corrected chi connectivity index (χ2v) is 8.45. The molecule has 0 aliphatic carbocycles. The number of piperazine rings is 1. The Morgan fingerprint density at radius 1 is 1.11 bits per heavy atom.